The summed E-state index contributed by atoms with van der Waals surface area (Å²) in [5.41, 5.74) is 0.587. The average Bonchev–Trinajstić information content (AvgIpc) is 2.94. The molecule has 3 aromatic heterocycles. The van der Waals surface area contributed by atoms with Gasteiger partial charge in [-0.25, -0.2) is 4.98 Å². The number of aromatic nitrogens is 8. The summed E-state index contributed by atoms with van der Waals surface area (Å²) in [4.78, 5) is 8.14. The largest absolute Gasteiger partial charge is 0.361 e. The highest BCUT2D eigenvalue weighted by molar-refractivity contribution is 5.43. The number of anilines is 1. The molecule has 0 spiro atoms. The second-order valence-electron chi connectivity index (χ2n) is 3.43. The molecule has 0 bridgehead atoms. The molecule has 0 amide bonds. The topological polar surface area (TPSA) is 98.7 Å². The van der Waals surface area contributed by atoms with E-state index in [4.69, 9.17) is 0 Å². The van der Waals surface area contributed by atoms with Gasteiger partial charge in [0.25, 0.3) is 0 Å². The summed E-state index contributed by atoms with van der Waals surface area (Å²) < 4.78 is 3.21. The van der Waals surface area contributed by atoms with Gasteiger partial charge in [-0.3, -0.25) is 9.67 Å². The number of nitrogens with one attached hydrogen (secondary N) is 1. The van der Waals surface area contributed by atoms with Gasteiger partial charge in [0.15, 0.2) is 17.3 Å². The van der Waals surface area contributed by atoms with Crippen LogP contribution in [-0.2, 0) is 13.6 Å². The van der Waals surface area contributed by atoms with Gasteiger partial charge >= 0.3 is 0 Å². The van der Waals surface area contributed by atoms with Gasteiger partial charge in [0.2, 0.25) is 0 Å². The molecule has 0 saturated carbocycles. The van der Waals surface area contributed by atoms with Crippen molar-refractivity contribution >= 4 is 11.5 Å². The Morgan fingerprint density at radius 2 is 2.29 bits per heavy atom. The number of tetrazole rings is 1. The number of aryl methyl sites for hydroxylation is 1. The van der Waals surface area contributed by atoms with Crippen molar-refractivity contribution in [1.82, 2.24) is 39.8 Å². The van der Waals surface area contributed by atoms with Gasteiger partial charge in [-0.2, -0.15) is 9.61 Å². The van der Waals surface area contributed by atoms with Gasteiger partial charge in [0.1, 0.15) is 6.33 Å². The Morgan fingerprint density at radius 3 is 3.12 bits per heavy atom. The van der Waals surface area contributed by atoms with Gasteiger partial charge in [0, 0.05) is 7.05 Å². The zero-order valence-electron chi connectivity index (χ0n) is 9.02. The molecule has 9 heteroatoms. The van der Waals surface area contributed by atoms with Crippen LogP contribution in [0.4, 0.5) is 5.82 Å². The summed E-state index contributed by atoms with van der Waals surface area (Å²) in [5.74, 6) is 1.39. The molecule has 0 aliphatic carbocycles. The van der Waals surface area contributed by atoms with Gasteiger partial charge in [-0.05, 0) is 10.4 Å². The standard InChI is InChI=1S/C8H9N9/c1-16-5-11-6(13-16)2-10-7-3-9-4-8-12-14-15-17(7)8/h3-5,10H,2H2,1H3. The van der Waals surface area contributed by atoms with Crippen LogP contribution in [0, 0.1) is 0 Å². The van der Waals surface area contributed by atoms with E-state index in [0.717, 1.165) is 0 Å². The Labute approximate surface area is 95.5 Å². The van der Waals surface area contributed by atoms with Crippen LogP contribution >= 0.6 is 0 Å². The first-order valence-electron chi connectivity index (χ1n) is 4.93. The maximum absolute atomic E-state index is 4.16. The van der Waals surface area contributed by atoms with E-state index >= 15 is 0 Å². The predicted molar refractivity (Wildman–Crippen MR) is 56.9 cm³/mol. The van der Waals surface area contributed by atoms with E-state index < -0.39 is 0 Å². The van der Waals surface area contributed by atoms with Crippen LogP contribution in [0.5, 0.6) is 0 Å². The van der Waals surface area contributed by atoms with Crippen molar-refractivity contribution in [2.75, 3.05) is 5.32 Å². The van der Waals surface area contributed by atoms with Crippen LogP contribution in [0.15, 0.2) is 18.7 Å². The Morgan fingerprint density at radius 1 is 1.35 bits per heavy atom. The van der Waals surface area contributed by atoms with Crippen LogP contribution in [-0.4, -0.2) is 39.8 Å². The van der Waals surface area contributed by atoms with Crippen molar-refractivity contribution in [3.8, 4) is 0 Å². The first-order valence-corrected chi connectivity index (χ1v) is 4.93. The third-order valence-electron chi connectivity index (χ3n) is 2.18. The Balaban J connectivity index is 1.83. The number of hydrogen-bond acceptors (Lipinski definition) is 7. The smallest absolute Gasteiger partial charge is 0.199 e. The predicted octanol–water partition coefficient (Wildman–Crippen LogP) is -0.740. The molecule has 0 unspecified atom stereocenters. The maximum Gasteiger partial charge on any atom is 0.199 e. The van der Waals surface area contributed by atoms with Crippen molar-refractivity contribution in [3.05, 3.63) is 24.5 Å². The van der Waals surface area contributed by atoms with Crippen LogP contribution in [0.2, 0.25) is 0 Å². The summed E-state index contributed by atoms with van der Waals surface area (Å²) in [6, 6.07) is 0. The Hall–Kier alpha value is -2.58. The van der Waals surface area contributed by atoms with E-state index in [-0.39, 0.29) is 0 Å². The van der Waals surface area contributed by atoms with Crippen molar-refractivity contribution in [3.63, 3.8) is 0 Å². The number of fused-ring (bicyclic) bond motifs is 1. The first-order chi connectivity index (χ1) is 8.33. The van der Waals surface area contributed by atoms with Crippen molar-refractivity contribution in [2.24, 2.45) is 7.05 Å². The summed E-state index contributed by atoms with van der Waals surface area (Å²) >= 11 is 0. The van der Waals surface area contributed by atoms with Crippen LogP contribution in [0.25, 0.3) is 5.65 Å². The highest BCUT2D eigenvalue weighted by Crippen LogP contribution is 2.06. The van der Waals surface area contributed by atoms with E-state index in [9.17, 15) is 0 Å². The van der Waals surface area contributed by atoms with Crippen LogP contribution in [0.1, 0.15) is 5.82 Å². The SMILES string of the molecule is Cn1cnc(CNc2cncc3nnnn23)n1. The van der Waals surface area contributed by atoms with Gasteiger partial charge in [0.05, 0.1) is 18.9 Å². The second-order valence-corrected chi connectivity index (χ2v) is 3.43. The lowest BCUT2D eigenvalue weighted by Crippen LogP contribution is -2.07. The van der Waals surface area contributed by atoms with E-state index in [1.165, 1.54) is 0 Å². The van der Waals surface area contributed by atoms with E-state index in [0.29, 0.717) is 23.8 Å². The Kier molecular flexibility index (Phi) is 2.14. The quantitative estimate of drug-likeness (QED) is 0.633. The lowest BCUT2D eigenvalue weighted by atomic mass is 10.5. The molecule has 0 aliphatic rings. The van der Waals surface area contributed by atoms with Crippen molar-refractivity contribution in [2.45, 2.75) is 6.54 Å². The molecule has 1 N–H and O–H groups in total. The minimum absolute atomic E-state index is 0.488. The third-order valence-corrected chi connectivity index (χ3v) is 2.18. The minimum Gasteiger partial charge on any atom is -0.361 e. The van der Waals surface area contributed by atoms with Crippen LogP contribution in [0.3, 0.4) is 0 Å². The summed E-state index contributed by atoms with van der Waals surface area (Å²) in [6.45, 7) is 0.488. The van der Waals surface area contributed by atoms with Crippen molar-refractivity contribution < 1.29 is 0 Å². The minimum atomic E-state index is 0.488. The second kappa shape index (κ2) is 3.77. The van der Waals surface area contributed by atoms with Crippen LogP contribution < -0.4 is 5.32 Å². The van der Waals surface area contributed by atoms with E-state index in [1.54, 1.807) is 27.9 Å². The van der Waals surface area contributed by atoms with Gasteiger partial charge in [-0.15, -0.1) is 5.10 Å². The summed E-state index contributed by atoms with van der Waals surface area (Å²) in [6.07, 6.45) is 4.88. The molecule has 0 atom stereocenters. The Bertz CT molecular complexity index is 639. The third kappa shape index (κ3) is 1.77. The number of hydrogen-bond donors (Lipinski definition) is 1. The number of rotatable bonds is 3. The average molecular weight is 231 g/mol. The monoisotopic (exact) mass is 231 g/mol. The highest BCUT2D eigenvalue weighted by atomic mass is 15.5. The molecule has 9 nitrogen and oxygen atoms in total. The number of nitrogens with zero attached hydrogens (tertiary/aromatic N) is 8. The van der Waals surface area contributed by atoms with E-state index in [2.05, 4.69) is 35.9 Å². The molecule has 3 aromatic rings. The molecule has 0 saturated heterocycles. The van der Waals surface area contributed by atoms with Gasteiger partial charge < -0.3 is 5.32 Å². The van der Waals surface area contributed by atoms with Gasteiger partial charge in [-0.1, -0.05) is 0 Å². The molecular weight excluding hydrogens is 222 g/mol. The fourth-order valence-electron chi connectivity index (χ4n) is 1.43. The molecule has 0 radical (unpaired) electrons. The molecular formula is C8H9N9. The molecule has 86 valence electrons. The summed E-state index contributed by atoms with van der Waals surface area (Å²) in [5, 5.41) is 18.5. The molecule has 3 rings (SSSR count). The zero-order chi connectivity index (χ0) is 11.7. The molecule has 3 heterocycles. The molecule has 17 heavy (non-hydrogen) atoms. The molecule has 0 aliphatic heterocycles. The normalized spacial score (nSPS) is 10.9. The van der Waals surface area contributed by atoms with Crippen molar-refractivity contribution in [1.29, 1.82) is 0 Å². The first kappa shape index (κ1) is 9.63. The molecule has 0 aromatic carbocycles. The zero-order valence-corrected chi connectivity index (χ0v) is 9.02. The fraction of sp³-hybridized carbons (Fsp3) is 0.250. The highest BCUT2D eigenvalue weighted by Gasteiger charge is 2.04. The lowest BCUT2D eigenvalue weighted by molar-refractivity contribution is 0.745. The molecule has 0 fully saturated rings. The summed E-state index contributed by atoms with van der Waals surface area (Å²) in [7, 11) is 1.82. The lowest BCUT2D eigenvalue weighted by Gasteiger charge is -2.03. The van der Waals surface area contributed by atoms with E-state index in [1.807, 2.05) is 7.05 Å². The maximum atomic E-state index is 4.16. The fourth-order valence-corrected chi connectivity index (χ4v) is 1.43.